The van der Waals surface area contributed by atoms with Gasteiger partial charge in [-0.15, -0.1) is 0 Å². The molecule has 0 aliphatic carbocycles. The Morgan fingerprint density at radius 1 is 1.44 bits per heavy atom. The molecule has 0 fully saturated rings. The molecule has 0 aliphatic heterocycles. The van der Waals surface area contributed by atoms with Crippen molar-refractivity contribution in [3.8, 4) is 0 Å². The summed E-state index contributed by atoms with van der Waals surface area (Å²) in [7, 11) is 3.89. The lowest BCUT2D eigenvalue weighted by Crippen LogP contribution is -2.23. The van der Waals surface area contributed by atoms with Crippen molar-refractivity contribution in [3.05, 3.63) is 35.5 Å². The SMILES string of the molecule is CC/C=C(\C)C(=O)NCc1ccc(N(C)C)nc1. The zero-order valence-electron chi connectivity index (χ0n) is 11.5. The van der Waals surface area contributed by atoms with Gasteiger partial charge in [-0.2, -0.15) is 0 Å². The molecule has 1 heterocycles. The standard InChI is InChI=1S/C14H21N3O/c1-5-6-11(2)14(18)16-10-12-7-8-13(15-9-12)17(3)4/h6-9H,5,10H2,1-4H3,(H,16,18)/b11-6+. The van der Waals surface area contributed by atoms with E-state index in [1.165, 1.54) is 0 Å². The minimum absolute atomic E-state index is 0.0199. The van der Waals surface area contributed by atoms with Gasteiger partial charge >= 0.3 is 0 Å². The van der Waals surface area contributed by atoms with Gasteiger partial charge in [0.15, 0.2) is 0 Å². The molecule has 98 valence electrons. The number of allylic oxidation sites excluding steroid dienone is 1. The molecule has 1 rings (SSSR count). The molecule has 1 amide bonds. The van der Waals surface area contributed by atoms with Crippen molar-refractivity contribution in [3.63, 3.8) is 0 Å². The summed E-state index contributed by atoms with van der Waals surface area (Å²) in [5.74, 6) is 0.890. The summed E-state index contributed by atoms with van der Waals surface area (Å²) in [5.41, 5.74) is 1.76. The smallest absolute Gasteiger partial charge is 0.246 e. The average molecular weight is 247 g/mol. The molecule has 0 spiro atoms. The number of amides is 1. The molecule has 0 atom stereocenters. The van der Waals surface area contributed by atoms with E-state index >= 15 is 0 Å². The fourth-order valence-corrected chi connectivity index (χ4v) is 1.51. The highest BCUT2D eigenvalue weighted by molar-refractivity contribution is 5.92. The molecular formula is C14H21N3O. The van der Waals surface area contributed by atoms with Crippen LogP contribution in [0.4, 0.5) is 5.82 Å². The molecule has 0 aliphatic rings. The Balaban J connectivity index is 2.54. The van der Waals surface area contributed by atoms with Crippen LogP contribution in [0, 0.1) is 0 Å². The molecule has 1 aromatic rings. The van der Waals surface area contributed by atoms with E-state index in [0.717, 1.165) is 23.4 Å². The lowest BCUT2D eigenvalue weighted by Gasteiger charge is -2.11. The largest absolute Gasteiger partial charge is 0.363 e. The summed E-state index contributed by atoms with van der Waals surface area (Å²) in [6.07, 6.45) is 4.58. The predicted octanol–water partition coefficient (Wildman–Crippen LogP) is 2.12. The summed E-state index contributed by atoms with van der Waals surface area (Å²) in [4.78, 5) is 17.9. The van der Waals surface area contributed by atoms with Crippen molar-refractivity contribution in [1.82, 2.24) is 10.3 Å². The molecule has 0 saturated carbocycles. The van der Waals surface area contributed by atoms with Gasteiger partial charge in [0.25, 0.3) is 0 Å². The van der Waals surface area contributed by atoms with E-state index in [1.54, 1.807) is 6.20 Å². The van der Waals surface area contributed by atoms with E-state index in [0.29, 0.717) is 6.54 Å². The van der Waals surface area contributed by atoms with Gasteiger partial charge in [0.05, 0.1) is 0 Å². The van der Waals surface area contributed by atoms with Crippen LogP contribution in [-0.2, 0) is 11.3 Å². The van der Waals surface area contributed by atoms with Crippen molar-refractivity contribution in [1.29, 1.82) is 0 Å². The van der Waals surface area contributed by atoms with Gasteiger partial charge in [0.2, 0.25) is 5.91 Å². The molecule has 1 aromatic heterocycles. The highest BCUT2D eigenvalue weighted by Crippen LogP contribution is 2.07. The van der Waals surface area contributed by atoms with Gasteiger partial charge < -0.3 is 10.2 Å². The van der Waals surface area contributed by atoms with Crippen molar-refractivity contribution in [2.24, 2.45) is 0 Å². The number of nitrogens with zero attached hydrogens (tertiary/aromatic N) is 2. The monoisotopic (exact) mass is 247 g/mol. The normalized spacial score (nSPS) is 11.2. The summed E-state index contributed by atoms with van der Waals surface area (Å²) < 4.78 is 0. The lowest BCUT2D eigenvalue weighted by molar-refractivity contribution is -0.117. The predicted molar refractivity (Wildman–Crippen MR) is 74.5 cm³/mol. The first-order valence-corrected chi connectivity index (χ1v) is 6.11. The number of carbonyl (C=O) groups excluding carboxylic acids is 1. The zero-order chi connectivity index (χ0) is 13.5. The van der Waals surface area contributed by atoms with Crippen LogP contribution in [0.1, 0.15) is 25.8 Å². The maximum Gasteiger partial charge on any atom is 0.246 e. The molecule has 0 saturated heterocycles. The topological polar surface area (TPSA) is 45.2 Å². The van der Waals surface area contributed by atoms with Crippen LogP contribution >= 0.6 is 0 Å². The highest BCUT2D eigenvalue weighted by Gasteiger charge is 2.03. The number of nitrogens with one attached hydrogen (secondary N) is 1. The Labute approximate surface area is 109 Å². The van der Waals surface area contributed by atoms with Crippen molar-refractivity contribution in [2.75, 3.05) is 19.0 Å². The second-order valence-electron chi connectivity index (χ2n) is 4.40. The molecule has 1 N–H and O–H groups in total. The van der Waals surface area contributed by atoms with E-state index < -0.39 is 0 Å². The minimum atomic E-state index is -0.0199. The number of rotatable bonds is 5. The second kappa shape index (κ2) is 6.79. The molecule has 0 aromatic carbocycles. The van der Waals surface area contributed by atoms with Gasteiger partial charge in [0.1, 0.15) is 5.82 Å². The van der Waals surface area contributed by atoms with Crippen molar-refractivity contribution >= 4 is 11.7 Å². The Bertz CT molecular complexity index is 421. The van der Waals surface area contributed by atoms with Gasteiger partial charge in [-0.3, -0.25) is 4.79 Å². The van der Waals surface area contributed by atoms with Gasteiger partial charge in [-0.1, -0.05) is 19.1 Å². The van der Waals surface area contributed by atoms with Crippen LogP contribution in [0.3, 0.4) is 0 Å². The molecule has 4 nitrogen and oxygen atoms in total. The maximum atomic E-state index is 11.7. The molecular weight excluding hydrogens is 226 g/mol. The Morgan fingerprint density at radius 3 is 2.67 bits per heavy atom. The number of anilines is 1. The van der Waals surface area contributed by atoms with E-state index in [-0.39, 0.29) is 5.91 Å². The Morgan fingerprint density at radius 2 is 2.17 bits per heavy atom. The van der Waals surface area contributed by atoms with Crippen molar-refractivity contribution in [2.45, 2.75) is 26.8 Å². The van der Waals surface area contributed by atoms with E-state index in [4.69, 9.17) is 0 Å². The third-order valence-corrected chi connectivity index (χ3v) is 2.59. The number of hydrogen-bond acceptors (Lipinski definition) is 3. The first-order valence-electron chi connectivity index (χ1n) is 6.11. The fourth-order valence-electron chi connectivity index (χ4n) is 1.51. The molecule has 4 heteroatoms. The highest BCUT2D eigenvalue weighted by atomic mass is 16.1. The summed E-state index contributed by atoms with van der Waals surface area (Å²) in [6.45, 7) is 4.35. The van der Waals surface area contributed by atoms with Crippen LogP contribution in [0.2, 0.25) is 0 Å². The van der Waals surface area contributed by atoms with Gasteiger partial charge in [-0.05, 0) is 25.0 Å². The fraction of sp³-hybridized carbons (Fsp3) is 0.429. The molecule has 0 unspecified atom stereocenters. The van der Waals surface area contributed by atoms with Gasteiger partial charge in [0, 0.05) is 32.4 Å². The third-order valence-electron chi connectivity index (χ3n) is 2.59. The lowest BCUT2D eigenvalue weighted by atomic mass is 10.2. The van der Waals surface area contributed by atoms with Crippen LogP contribution < -0.4 is 10.2 Å². The first-order chi connectivity index (χ1) is 8.54. The van der Waals surface area contributed by atoms with Crippen molar-refractivity contribution < 1.29 is 4.79 Å². The first kappa shape index (κ1) is 14.2. The molecule has 0 bridgehead atoms. The average Bonchev–Trinajstić information content (AvgIpc) is 2.36. The third kappa shape index (κ3) is 4.20. The summed E-state index contributed by atoms with van der Waals surface area (Å²) in [6, 6.07) is 3.91. The maximum absolute atomic E-state index is 11.7. The Hall–Kier alpha value is -1.84. The van der Waals surface area contributed by atoms with Crippen LogP contribution in [0.25, 0.3) is 0 Å². The van der Waals surface area contributed by atoms with Gasteiger partial charge in [-0.25, -0.2) is 4.98 Å². The molecule has 18 heavy (non-hydrogen) atoms. The van der Waals surface area contributed by atoms with Crippen LogP contribution in [0.15, 0.2) is 30.0 Å². The second-order valence-corrected chi connectivity index (χ2v) is 4.40. The zero-order valence-corrected chi connectivity index (χ0v) is 11.5. The van der Waals surface area contributed by atoms with E-state index in [2.05, 4.69) is 10.3 Å². The minimum Gasteiger partial charge on any atom is -0.363 e. The number of aromatic nitrogens is 1. The summed E-state index contributed by atoms with van der Waals surface area (Å²) in [5, 5.41) is 2.87. The van der Waals surface area contributed by atoms with E-state index in [1.807, 2.05) is 51.1 Å². The number of pyridine rings is 1. The van der Waals surface area contributed by atoms with E-state index in [9.17, 15) is 4.79 Å². The van der Waals surface area contributed by atoms with Crippen LogP contribution in [0.5, 0.6) is 0 Å². The summed E-state index contributed by atoms with van der Waals surface area (Å²) >= 11 is 0. The van der Waals surface area contributed by atoms with Crippen LogP contribution in [-0.4, -0.2) is 25.0 Å². The number of carbonyl (C=O) groups is 1. The Kier molecular flexibility index (Phi) is 5.36. The number of hydrogen-bond donors (Lipinski definition) is 1. The molecule has 0 radical (unpaired) electrons. The quantitative estimate of drug-likeness (QED) is 0.811.